The molecule has 0 unspecified atom stereocenters. The number of furan rings is 1. The zero-order valence-electron chi connectivity index (χ0n) is 16.9. The summed E-state index contributed by atoms with van der Waals surface area (Å²) in [5, 5.41) is 1.28. The van der Waals surface area contributed by atoms with Gasteiger partial charge >= 0.3 is 0 Å². The lowest BCUT2D eigenvalue weighted by atomic mass is 9.93. The second-order valence-corrected chi connectivity index (χ2v) is 7.78. The van der Waals surface area contributed by atoms with Gasteiger partial charge in [-0.2, -0.15) is 0 Å². The topological polar surface area (TPSA) is 26.0 Å². The van der Waals surface area contributed by atoms with Crippen LogP contribution in [-0.2, 0) is 0 Å². The van der Waals surface area contributed by atoms with Gasteiger partial charge in [0.1, 0.15) is 22.8 Å². The lowest BCUT2D eigenvalue weighted by molar-refractivity contribution is 0.616. The first-order valence-corrected chi connectivity index (χ1v) is 9.76. The summed E-state index contributed by atoms with van der Waals surface area (Å²) in [6.07, 6.45) is 1.72. The molecule has 4 heteroatoms. The smallest absolute Gasteiger partial charge is 0.145 e. The molecule has 0 atom stereocenters. The second-order valence-electron chi connectivity index (χ2n) is 7.78. The van der Waals surface area contributed by atoms with Crippen molar-refractivity contribution in [3.8, 4) is 22.4 Å². The predicted octanol–water partition coefficient (Wildman–Crippen LogP) is 7.52. The van der Waals surface area contributed by atoms with Crippen LogP contribution in [0.15, 0.2) is 65.2 Å². The van der Waals surface area contributed by atoms with Gasteiger partial charge in [-0.25, -0.2) is 8.78 Å². The van der Waals surface area contributed by atoms with E-state index in [2.05, 4.69) is 37.9 Å². The minimum atomic E-state index is -0.394. The molecule has 0 fully saturated rings. The number of hydrogen-bond donors (Lipinski definition) is 0. The predicted molar refractivity (Wildman–Crippen MR) is 117 cm³/mol. The lowest BCUT2D eigenvalue weighted by Gasteiger charge is -2.13. The summed E-state index contributed by atoms with van der Waals surface area (Å²) in [5.74, 6) is -0.784. The molecule has 5 rings (SSSR count). The molecule has 0 radical (unpaired) electrons. The average Bonchev–Trinajstić information content (AvgIpc) is 3.04. The fraction of sp³-hybridized carbons (Fsp3) is 0.115. The minimum absolute atomic E-state index is 0.387. The van der Waals surface area contributed by atoms with Gasteiger partial charge < -0.3 is 4.42 Å². The highest BCUT2D eigenvalue weighted by Crippen LogP contribution is 2.38. The Bertz CT molecular complexity index is 1430. The molecular formula is C26H19F2NO. The zero-order chi connectivity index (χ0) is 21.0. The molecule has 0 spiro atoms. The lowest BCUT2D eigenvalue weighted by Crippen LogP contribution is -1.92. The van der Waals surface area contributed by atoms with Gasteiger partial charge in [0.2, 0.25) is 0 Å². The Labute approximate surface area is 172 Å². The summed E-state index contributed by atoms with van der Waals surface area (Å²) >= 11 is 0. The van der Waals surface area contributed by atoms with Gasteiger partial charge in [0.05, 0.1) is 5.69 Å². The van der Waals surface area contributed by atoms with Gasteiger partial charge in [-0.1, -0.05) is 17.7 Å². The van der Waals surface area contributed by atoms with E-state index in [0.717, 1.165) is 11.1 Å². The monoisotopic (exact) mass is 399 g/mol. The van der Waals surface area contributed by atoms with E-state index in [1.54, 1.807) is 12.3 Å². The summed E-state index contributed by atoms with van der Waals surface area (Å²) in [6, 6.07) is 15.3. The second kappa shape index (κ2) is 6.77. The molecule has 0 N–H and O–H groups in total. The van der Waals surface area contributed by atoms with Crippen molar-refractivity contribution in [3.05, 3.63) is 89.1 Å². The van der Waals surface area contributed by atoms with Crippen LogP contribution in [0.4, 0.5) is 8.78 Å². The van der Waals surface area contributed by atoms with Crippen molar-refractivity contribution in [3.63, 3.8) is 0 Å². The SMILES string of the molecule is Cc1cc(C)c(-c2ccnc(-c3cc(F)cc4c3oc3cc(F)ccc34)c2)c(C)c1. The molecule has 2 aromatic heterocycles. The van der Waals surface area contributed by atoms with Crippen LogP contribution in [0.2, 0.25) is 0 Å². The van der Waals surface area contributed by atoms with Crippen molar-refractivity contribution < 1.29 is 13.2 Å². The fourth-order valence-corrected chi connectivity index (χ4v) is 4.38. The Kier molecular flexibility index (Phi) is 4.17. The van der Waals surface area contributed by atoms with Gasteiger partial charge in [0, 0.05) is 28.6 Å². The number of hydrogen-bond acceptors (Lipinski definition) is 2. The Morgan fingerprint density at radius 2 is 1.53 bits per heavy atom. The molecule has 2 heterocycles. The minimum Gasteiger partial charge on any atom is -0.455 e. The molecule has 0 amide bonds. The number of aromatic nitrogens is 1. The summed E-state index contributed by atoms with van der Waals surface area (Å²) < 4.78 is 34.1. The summed E-state index contributed by atoms with van der Waals surface area (Å²) in [6.45, 7) is 6.25. The van der Waals surface area contributed by atoms with E-state index in [0.29, 0.717) is 33.2 Å². The van der Waals surface area contributed by atoms with Crippen LogP contribution >= 0.6 is 0 Å². The number of fused-ring (bicyclic) bond motifs is 3. The molecule has 3 aromatic carbocycles. The van der Waals surface area contributed by atoms with E-state index in [-0.39, 0.29) is 5.82 Å². The van der Waals surface area contributed by atoms with Crippen LogP contribution in [0, 0.1) is 32.4 Å². The van der Waals surface area contributed by atoms with E-state index in [1.165, 1.54) is 41.0 Å². The van der Waals surface area contributed by atoms with Crippen molar-refractivity contribution in [2.75, 3.05) is 0 Å². The molecule has 0 aliphatic heterocycles. The highest BCUT2D eigenvalue weighted by atomic mass is 19.1. The summed E-state index contributed by atoms with van der Waals surface area (Å²) in [5.41, 5.74) is 7.75. The molecule has 0 aliphatic carbocycles. The zero-order valence-corrected chi connectivity index (χ0v) is 16.9. The molecule has 2 nitrogen and oxygen atoms in total. The number of halogens is 2. The standard InChI is InChI=1S/C26H19F2NO/c1-14-8-15(2)25(16(3)9-14)17-6-7-29-23(10-17)22-12-19(28)11-21-20-5-4-18(27)13-24(20)30-26(21)22/h4-13H,1-3H3. The van der Waals surface area contributed by atoms with Crippen LogP contribution in [-0.4, -0.2) is 4.98 Å². The number of nitrogens with zero attached hydrogens (tertiary/aromatic N) is 1. The summed E-state index contributed by atoms with van der Waals surface area (Å²) in [7, 11) is 0. The average molecular weight is 399 g/mol. The Morgan fingerprint density at radius 1 is 0.767 bits per heavy atom. The first-order valence-electron chi connectivity index (χ1n) is 9.76. The fourth-order valence-electron chi connectivity index (χ4n) is 4.38. The molecule has 5 aromatic rings. The number of aryl methyl sites for hydroxylation is 3. The van der Waals surface area contributed by atoms with Crippen LogP contribution < -0.4 is 0 Å². The Morgan fingerprint density at radius 3 is 2.30 bits per heavy atom. The molecular weight excluding hydrogens is 380 g/mol. The van der Waals surface area contributed by atoms with Crippen LogP contribution in [0.1, 0.15) is 16.7 Å². The molecule has 0 saturated carbocycles. The van der Waals surface area contributed by atoms with E-state index >= 15 is 0 Å². The van der Waals surface area contributed by atoms with E-state index in [4.69, 9.17) is 4.42 Å². The van der Waals surface area contributed by atoms with Gasteiger partial charge in [-0.15, -0.1) is 0 Å². The molecule has 30 heavy (non-hydrogen) atoms. The highest BCUT2D eigenvalue weighted by Gasteiger charge is 2.17. The van der Waals surface area contributed by atoms with Crippen LogP contribution in [0.25, 0.3) is 44.3 Å². The molecule has 148 valence electrons. The van der Waals surface area contributed by atoms with E-state index < -0.39 is 5.82 Å². The summed E-state index contributed by atoms with van der Waals surface area (Å²) in [4.78, 5) is 4.49. The third kappa shape index (κ3) is 2.96. The maximum Gasteiger partial charge on any atom is 0.145 e. The third-order valence-electron chi connectivity index (χ3n) is 5.50. The Hall–Kier alpha value is -3.53. The van der Waals surface area contributed by atoms with Crippen molar-refractivity contribution in [2.45, 2.75) is 20.8 Å². The van der Waals surface area contributed by atoms with Gasteiger partial charge in [-0.3, -0.25) is 4.98 Å². The molecule has 0 aliphatic rings. The third-order valence-corrected chi connectivity index (χ3v) is 5.50. The first kappa shape index (κ1) is 18.5. The maximum absolute atomic E-state index is 14.5. The van der Waals surface area contributed by atoms with Crippen molar-refractivity contribution >= 4 is 21.9 Å². The van der Waals surface area contributed by atoms with Crippen LogP contribution in [0.5, 0.6) is 0 Å². The first-order chi connectivity index (χ1) is 14.4. The number of benzene rings is 3. The highest BCUT2D eigenvalue weighted by molar-refractivity contribution is 6.09. The number of rotatable bonds is 2. The number of pyridine rings is 1. The normalized spacial score (nSPS) is 11.5. The Balaban J connectivity index is 1.76. The van der Waals surface area contributed by atoms with Crippen molar-refractivity contribution in [1.82, 2.24) is 4.98 Å². The van der Waals surface area contributed by atoms with Crippen molar-refractivity contribution in [2.24, 2.45) is 0 Å². The largest absolute Gasteiger partial charge is 0.455 e. The van der Waals surface area contributed by atoms with Gasteiger partial charge in [0.25, 0.3) is 0 Å². The van der Waals surface area contributed by atoms with Gasteiger partial charge in [-0.05, 0) is 79.4 Å². The van der Waals surface area contributed by atoms with E-state index in [1.807, 2.05) is 12.1 Å². The molecule has 0 bridgehead atoms. The maximum atomic E-state index is 14.5. The van der Waals surface area contributed by atoms with Crippen molar-refractivity contribution in [1.29, 1.82) is 0 Å². The molecule has 0 saturated heterocycles. The quantitative estimate of drug-likeness (QED) is 0.307. The van der Waals surface area contributed by atoms with Crippen LogP contribution in [0.3, 0.4) is 0 Å². The van der Waals surface area contributed by atoms with Gasteiger partial charge in [0.15, 0.2) is 0 Å². The van der Waals surface area contributed by atoms with E-state index in [9.17, 15) is 8.78 Å².